The standard InChI is InChI=1S/C44H57NO4S2/c1-2-3-4-5-6-7-8-9-10-11-12-13-14-15-16-17-18-19-24-45-37-22-20-33(43-41-39(31-50-43)46-25-27-48-41)29-35(37)36-30-34(21-23-38(36)45)44-42-40(32-51-44)47-26-28-49-42/h20-23,29-32H,2-19,24-28H2,1H3. The second-order valence-electron chi connectivity index (χ2n) is 14.5. The van der Waals surface area contributed by atoms with E-state index in [4.69, 9.17) is 18.9 Å². The molecular weight excluding hydrogens is 671 g/mol. The summed E-state index contributed by atoms with van der Waals surface area (Å²) in [6.45, 7) is 5.75. The molecule has 3 aromatic heterocycles. The van der Waals surface area contributed by atoms with E-state index in [1.807, 2.05) is 0 Å². The molecule has 0 bridgehead atoms. The van der Waals surface area contributed by atoms with Gasteiger partial charge in [0.2, 0.25) is 0 Å². The summed E-state index contributed by atoms with van der Waals surface area (Å²) in [5, 5.41) is 6.73. The van der Waals surface area contributed by atoms with Crippen LogP contribution < -0.4 is 18.9 Å². The highest BCUT2D eigenvalue weighted by Gasteiger charge is 2.23. The second-order valence-corrected chi connectivity index (χ2v) is 16.3. The van der Waals surface area contributed by atoms with Gasteiger partial charge in [0, 0.05) is 39.1 Å². The minimum Gasteiger partial charge on any atom is -0.485 e. The predicted octanol–water partition coefficient (Wildman–Crippen LogP) is 13.8. The Balaban J connectivity index is 0.941. The number of nitrogens with zero attached hydrogens (tertiary/aromatic N) is 1. The van der Waals surface area contributed by atoms with Crippen LogP contribution in [-0.4, -0.2) is 31.0 Å². The van der Waals surface area contributed by atoms with Crippen molar-refractivity contribution in [2.75, 3.05) is 26.4 Å². The Bertz CT molecular complexity index is 1720. The summed E-state index contributed by atoms with van der Waals surface area (Å²) in [4.78, 5) is 2.29. The van der Waals surface area contributed by atoms with E-state index in [1.165, 1.54) is 149 Å². The number of fused-ring (bicyclic) bond motifs is 5. The van der Waals surface area contributed by atoms with Crippen molar-refractivity contribution in [1.82, 2.24) is 4.57 Å². The second kappa shape index (κ2) is 18.6. The number of hydrogen-bond acceptors (Lipinski definition) is 6. The number of rotatable bonds is 21. The third kappa shape index (κ3) is 8.90. The number of thiophene rings is 2. The van der Waals surface area contributed by atoms with Gasteiger partial charge in [0.1, 0.15) is 26.4 Å². The molecule has 0 fully saturated rings. The van der Waals surface area contributed by atoms with Gasteiger partial charge in [0.15, 0.2) is 23.0 Å². The van der Waals surface area contributed by atoms with Crippen LogP contribution in [0.1, 0.15) is 122 Å². The molecule has 2 aliphatic rings. The first kappa shape index (κ1) is 36.2. The van der Waals surface area contributed by atoms with Gasteiger partial charge < -0.3 is 23.5 Å². The topological polar surface area (TPSA) is 41.9 Å². The van der Waals surface area contributed by atoms with Crippen molar-refractivity contribution in [1.29, 1.82) is 0 Å². The zero-order valence-electron chi connectivity index (χ0n) is 30.8. The summed E-state index contributed by atoms with van der Waals surface area (Å²) < 4.78 is 26.5. The minimum atomic E-state index is 0.595. The maximum absolute atomic E-state index is 6.08. The lowest BCUT2D eigenvalue weighted by Gasteiger charge is -2.16. The highest BCUT2D eigenvalue weighted by atomic mass is 32.1. The SMILES string of the molecule is CCCCCCCCCCCCCCCCCCCCn1c2ccc(-c3scc4c3OCCO4)cc2c2cc(-c3scc4c3OCCO4)ccc21. The molecule has 7 heteroatoms. The third-order valence-corrected chi connectivity index (χ3v) is 12.7. The van der Waals surface area contributed by atoms with Gasteiger partial charge in [0.25, 0.3) is 0 Å². The van der Waals surface area contributed by atoms with Gasteiger partial charge in [-0.1, -0.05) is 128 Å². The summed E-state index contributed by atoms with van der Waals surface area (Å²) in [7, 11) is 0. The molecule has 51 heavy (non-hydrogen) atoms. The van der Waals surface area contributed by atoms with E-state index in [9.17, 15) is 0 Å². The van der Waals surface area contributed by atoms with Crippen molar-refractivity contribution in [2.24, 2.45) is 0 Å². The number of aromatic nitrogens is 1. The first-order valence-electron chi connectivity index (χ1n) is 20.1. The maximum Gasteiger partial charge on any atom is 0.179 e. The molecule has 0 radical (unpaired) electrons. The highest BCUT2D eigenvalue weighted by Crippen LogP contribution is 2.48. The molecule has 0 aliphatic carbocycles. The molecule has 5 heterocycles. The van der Waals surface area contributed by atoms with Crippen molar-refractivity contribution < 1.29 is 18.9 Å². The Morgan fingerprint density at radius 2 is 0.882 bits per heavy atom. The molecule has 2 aliphatic heterocycles. The van der Waals surface area contributed by atoms with Gasteiger partial charge in [-0.05, 0) is 41.8 Å². The molecule has 2 aromatic carbocycles. The summed E-state index contributed by atoms with van der Waals surface area (Å²) in [6.07, 6.45) is 25.2. The van der Waals surface area contributed by atoms with Crippen LogP contribution in [0, 0.1) is 0 Å². The number of benzene rings is 2. The van der Waals surface area contributed by atoms with Crippen LogP contribution in [-0.2, 0) is 6.54 Å². The molecule has 0 spiro atoms. The van der Waals surface area contributed by atoms with Gasteiger partial charge >= 0.3 is 0 Å². The zero-order valence-corrected chi connectivity index (χ0v) is 32.4. The summed E-state index contributed by atoms with van der Waals surface area (Å²) >= 11 is 3.41. The molecule has 0 atom stereocenters. The maximum atomic E-state index is 6.08. The number of ether oxygens (including phenoxy) is 4. The van der Waals surface area contributed by atoms with E-state index in [1.54, 1.807) is 22.7 Å². The Morgan fingerprint density at radius 3 is 1.31 bits per heavy atom. The molecule has 0 saturated carbocycles. The van der Waals surface area contributed by atoms with Gasteiger partial charge in [-0.25, -0.2) is 0 Å². The Labute approximate surface area is 313 Å². The molecule has 0 amide bonds. The smallest absolute Gasteiger partial charge is 0.179 e. The van der Waals surface area contributed by atoms with Crippen molar-refractivity contribution in [2.45, 2.75) is 129 Å². The van der Waals surface area contributed by atoms with Crippen molar-refractivity contribution in [3.8, 4) is 43.9 Å². The Morgan fingerprint density at radius 1 is 0.490 bits per heavy atom. The van der Waals surface area contributed by atoms with Crippen LogP contribution in [0.5, 0.6) is 23.0 Å². The fourth-order valence-electron chi connectivity index (χ4n) is 7.92. The normalized spacial score (nSPS) is 13.8. The fraction of sp³-hybridized carbons (Fsp3) is 0.545. The molecule has 5 aromatic rings. The first-order valence-corrected chi connectivity index (χ1v) is 21.9. The zero-order chi connectivity index (χ0) is 34.7. The average Bonchev–Trinajstić information content (AvgIpc) is 3.88. The van der Waals surface area contributed by atoms with Crippen LogP contribution in [0.15, 0.2) is 47.2 Å². The van der Waals surface area contributed by atoms with Gasteiger partial charge in [-0.3, -0.25) is 0 Å². The molecule has 0 saturated heterocycles. The Hall–Kier alpha value is -3.16. The van der Waals surface area contributed by atoms with Crippen LogP contribution in [0.25, 0.3) is 42.7 Å². The number of unbranched alkanes of at least 4 members (excludes halogenated alkanes) is 17. The van der Waals surface area contributed by atoms with E-state index >= 15 is 0 Å². The molecule has 274 valence electrons. The van der Waals surface area contributed by atoms with Gasteiger partial charge in [-0.2, -0.15) is 0 Å². The molecule has 5 nitrogen and oxygen atoms in total. The van der Waals surface area contributed by atoms with Gasteiger partial charge in [-0.15, -0.1) is 22.7 Å². The third-order valence-electron chi connectivity index (χ3n) is 10.7. The lowest BCUT2D eigenvalue weighted by molar-refractivity contribution is 0.174. The monoisotopic (exact) mass is 727 g/mol. The summed E-state index contributed by atoms with van der Waals surface area (Å²) in [5.41, 5.74) is 4.96. The number of hydrogen-bond donors (Lipinski definition) is 0. The van der Waals surface area contributed by atoms with Crippen LogP contribution in [0.3, 0.4) is 0 Å². The van der Waals surface area contributed by atoms with Crippen LogP contribution >= 0.6 is 22.7 Å². The van der Waals surface area contributed by atoms with E-state index in [0.29, 0.717) is 26.4 Å². The van der Waals surface area contributed by atoms with Crippen molar-refractivity contribution in [3.05, 3.63) is 47.2 Å². The molecule has 0 unspecified atom stereocenters. The lowest BCUT2D eigenvalue weighted by Crippen LogP contribution is -2.14. The average molecular weight is 728 g/mol. The quantitative estimate of drug-likeness (QED) is 0.0706. The van der Waals surface area contributed by atoms with Crippen molar-refractivity contribution >= 4 is 44.5 Å². The molecular formula is C44H57NO4S2. The predicted molar refractivity (Wildman–Crippen MR) is 217 cm³/mol. The highest BCUT2D eigenvalue weighted by molar-refractivity contribution is 7.14. The summed E-state index contributed by atoms with van der Waals surface area (Å²) in [6, 6.07) is 13.9. The largest absolute Gasteiger partial charge is 0.485 e. The molecule has 0 N–H and O–H groups in total. The summed E-state index contributed by atoms with van der Waals surface area (Å²) in [5.74, 6) is 3.50. The lowest BCUT2D eigenvalue weighted by atomic mass is 10.0. The van der Waals surface area contributed by atoms with Gasteiger partial charge in [0.05, 0.1) is 9.75 Å². The van der Waals surface area contributed by atoms with Crippen LogP contribution in [0.2, 0.25) is 0 Å². The van der Waals surface area contributed by atoms with Crippen molar-refractivity contribution in [3.63, 3.8) is 0 Å². The van der Waals surface area contributed by atoms with Crippen LogP contribution in [0.4, 0.5) is 0 Å². The van der Waals surface area contributed by atoms with E-state index in [0.717, 1.165) is 39.3 Å². The number of aryl methyl sites for hydroxylation is 1. The fourth-order valence-corrected chi connectivity index (χ4v) is 9.78. The first-order chi connectivity index (χ1) is 25.3. The van der Waals surface area contributed by atoms with E-state index in [-0.39, 0.29) is 0 Å². The minimum absolute atomic E-state index is 0.595. The molecule has 7 rings (SSSR count). The van der Waals surface area contributed by atoms with E-state index in [2.05, 4.69) is 58.6 Å². The Kier molecular flexibility index (Phi) is 13.2. The van der Waals surface area contributed by atoms with E-state index < -0.39 is 0 Å².